The summed E-state index contributed by atoms with van der Waals surface area (Å²) in [7, 11) is 0. The molecule has 2 aromatic rings. The first-order chi connectivity index (χ1) is 8.83. The van der Waals surface area contributed by atoms with E-state index in [4.69, 9.17) is 9.47 Å². The van der Waals surface area contributed by atoms with Gasteiger partial charge in [0.05, 0.1) is 6.61 Å². The molecule has 1 fully saturated rings. The molecule has 0 amide bonds. The van der Waals surface area contributed by atoms with E-state index in [9.17, 15) is 0 Å². The lowest BCUT2D eigenvalue weighted by Gasteiger charge is -2.11. The lowest BCUT2D eigenvalue weighted by atomic mass is 10.1. The van der Waals surface area contributed by atoms with Crippen molar-refractivity contribution < 1.29 is 9.47 Å². The van der Waals surface area contributed by atoms with Crippen molar-refractivity contribution in [3.05, 3.63) is 53.0 Å². The first-order valence-corrected chi connectivity index (χ1v) is 6.71. The zero-order valence-electron chi connectivity index (χ0n) is 9.80. The lowest BCUT2D eigenvalue weighted by Crippen LogP contribution is -2.04. The van der Waals surface area contributed by atoms with E-state index in [2.05, 4.69) is 34.1 Å². The first-order valence-electron chi connectivity index (χ1n) is 5.92. The minimum atomic E-state index is 0.275. The summed E-state index contributed by atoms with van der Waals surface area (Å²) in [4.78, 5) is 0. The Hall–Kier alpha value is -1.32. The average Bonchev–Trinajstić information content (AvgIpc) is 3.22. The first kappa shape index (κ1) is 11.8. The van der Waals surface area contributed by atoms with E-state index in [-0.39, 0.29) is 6.10 Å². The zero-order chi connectivity index (χ0) is 12.4. The topological polar surface area (TPSA) is 21.8 Å². The van der Waals surface area contributed by atoms with Crippen LogP contribution in [0.5, 0.6) is 5.75 Å². The molecular weight excluding hydrogens is 292 g/mol. The van der Waals surface area contributed by atoms with Crippen LogP contribution in [-0.2, 0) is 4.74 Å². The van der Waals surface area contributed by atoms with Crippen LogP contribution in [0.15, 0.2) is 53.0 Å². The highest BCUT2D eigenvalue weighted by atomic mass is 79.9. The molecule has 3 heteroatoms. The van der Waals surface area contributed by atoms with Crippen molar-refractivity contribution in [3.63, 3.8) is 0 Å². The Labute approximate surface area is 115 Å². The molecule has 3 rings (SSSR count). The van der Waals surface area contributed by atoms with E-state index in [0.717, 1.165) is 28.0 Å². The van der Waals surface area contributed by atoms with Crippen molar-refractivity contribution in [3.8, 4) is 16.9 Å². The molecule has 0 aromatic heterocycles. The van der Waals surface area contributed by atoms with E-state index in [1.165, 1.54) is 0 Å². The van der Waals surface area contributed by atoms with Crippen molar-refractivity contribution >= 4 is 15.9 Å². The highest BCUT2D eigenvalue weighted by Gasteiger charge is 2.23. The Kier molecular flexibility index (Phi) is 3.35. The van der Waals surface area contributed by atoms with Gasteiger partial charge in [-0.15, -0.1) is 0 Å². The molecule has 1 saturated heterocycles. The van der Waals surface area contributed by atoms with E-state index in [0.29, 0.717) is 6.61 Å². The maximum atomic E-state index is 5.82. The monoisotopic (exact) mass is 304 g/mol. The average molecular weight is 305 g/mol. The summed E-state index contributed by atoms with van der Waals surface area (Å²) < 4.78 is 12.0. The maximum absolute atomic E-state index is 5.82. The Bertz CT molecular complexity index is 535. The van der Waals surface area contributed by atoms with E-state index >= 15 is 0 Å². The molecule has 1 unspecified atom stereocenters. The van der Waals surface area contributed by atoms with Gasteiger partial charge in [0.1, 0.15) is 18.5 Å². The number of hydrogen-bond acceptors (Lipinski definition) is 2. The molecule has 1 atom stereocenters. The number of hydrogen-bond donors (Lipinski definition) is 0. The van der Waals surface area contributed by atoms with Crippen LogP contribution in [-0.4, -0.2) is 19.3 Å². The fourth-order valence-corrected chi connectivity index (χ4v) is 2.18. The van der Waals surface area contributed by atoms with Gasteiger partial charge < -0.3 is 9.47 Å². The van der Waals surface area contributed by atoms with Crippen molar-refractivity contribution in [2.75, 3.05) is 13.2 Å². The molecule has 0 bridgehead atoms. The SMILES string of the molecule is Brc1ccc(OCC2CO2)c(-c2ccccc2)c1. The maximum Gasteiger partial charge on any atom is 0.127 e. The number of halogens is 1. The van der Waals surface area contributed by atoms with Crippen molar-refractivity contribution in [1.29, 1.82) is 0 Å². The highest BCUT2D eigenvalue weighted by molar-refractivity contribution is 9.10. The van der Waals surface area contributed by atoms with Gasteiger partial charge in [0.2, 0.25) is 0 Å². The van der Waals surface area contributed by atoms with Crippen LogP contribution in [0.25, 0.3) is 11.1 Å². The Morgan fingerprint density at radius 2 is 1.94 bits per heavy atom. The molecule has 1 aliphatic heterocycles. The third-order valence-electron chi connectivity index (χ3n) is 2.85. The molecular formula is C15H13BrO2. The molecule has 1 heterocycles. The van der Waals surface area contributed by atoms with Crippen LogP contribution < -0.4 is 4.74 Å². The van der Waals surface area contributed by atoms with Gasteiger partial charge in [-0.25, -0.2) is 0 Å². The van der Waals surface area contributed by atoms with Gasteiger partial charge in [0, 0.05) is 10.0 Å². The van der Waals surface area contributed by atoms with Crippen molar-refractivity contribution in [1.82, 2.24) is 0 Å². The fraction of sp³-hybridized carbons (Fsp3) is 0.200. The second kappa shape index (κ2) is 5.12. The van der Waals surface area contributed by atoms with Crippen LogP contribution in [0.4, 0.5) is 0 Å². The predicted molar refractivity (Wildman–Crippen MR) is 74.8 cm³/mol. The summed E-state index contributed by atoms with van der Waals surface area (Å²) in [5.41, 5.74) is 2.26. The Morgan fingerprint density at radius 1 is 1.17 bits per heavy atom. The molecule has 1 aliphatic rings. The molecule has 0 radical (unpaired) electrons. The number of rotatable bonds is 4. The lowest BCUT2D eigenvalue weighted by molar-refractivity contribution is 0.264. The van der Waals surface area contributed by atoms with Crippen LogP contribution in [0.3, 0.4) is 0 Å². The van der Waals surface area contributed by atoms with Crippen LogP contribution in [0, 0.1) is 0 Å². The summed E-state index contributed by atoms with van der Waals surface area (Å²) in [6.45, 7) is 1.44. The van der Waals surface area contributed by atoms with E-state index in [1.54, 1.807) is 0 Å². The summed E-state index contributed by atoms with van der Waals surface area (Å²) in [6.07, 6.45) is 0.275. The minimum Gasteiger partial charge on any atom is -0.490 e. The van der Waals surface area contributed by atoms with Gasteiger partial charge in [-0.3, -0.25) is 0 Å². The second-order valence-electron chi connectivity index (χ2n) is 4.27. The second-order valence-corrected chi connectivity index (χ2v) is 5.19. The standard InChI is InChI=1S/C15H13BrO2/c16-12-6-7-15(18-10-13-9-17-13)14(8-12)11-4-2-1-3-5-11/h1-8,13H,9-10H2. The molecule has 2 aromatic carbocycles. The molecule has 18 heavy (non-hydrogen) atoms. The normalized spacial score (nSPS) is 17.5. The summed E-state index contributed by atoms with van der Waals surface area (Å²) in [6, 6.07) is 16.3. The summed E-state index contributed by atoms with van der Waals surface area (Å²) >= 11 is 3.51. The van der Waals surface area contributed by atoms with Gasteiger partial charge in [-0.1, -0.05) is 46.3 Å². The zero-order valence-corrected chi connectivity index (χ0v) is 11.4. The third kappa shape index (κ3) is 2.74. The van der Waals surface area contributed by atoms with E-state index in [1.807, 2.05) is 30.3 Å². The Balaban J connectivity index is 1.92. The number of benzene rings is 2. The quantitative estimate of drug-likeness (QED) is 0.799. The van der Waals surface area contributed by atoms with Crippen molar-refractivity contribution in [2.24, 2.45) is 0 Å². The molecule has 0 aliphatic carbocycles. The van der Waals surface area contributed by atoms with Gasteiger partial charge in [-0.2, -0.15) is 0 Å². The Morgan fingerprint density at radius 3 is 2.67 bits per heavy atom. The largest absolute Gasteiger partial charge is 0.490 e. The molecule has 0 N–H and O–H groups in total. The highest BCUT2D eigenvalue weighted by Crippen LogP contribution is 2.33. The molecule has 0 saturated carbocycles. The number of ether oxygens (including phenoxy) is 2. The van der Waals surface area contributed by atoms with Crippen LogP contribution in [0.1, 0.15) is 0 Å². The molecule has 0 spiro atoms. The third-order valence-corrected chi connectivity index (χ3v) is 3.35. The van der Waals surface area contributed by atoms with Gasteiger partial charge in [0.25, 0.3) is 0 Å². The van der Waals surface area contributed by atoms with Crippen LogP contribution >= 0.6 is 15.9 Å². The van der Waals surface area contributed by atoms with Crippen molar-refractivity contribution in [2.45, 2.75) is 6.10 Å². The predicted octanol–water partition coefficient (Wildman–Crippen LogP) is 3.89. The van der Waals surface area contributed by atoms with Gasteiger partial charge >= 0.3 is 0 Å². The number of epoxide rings is 1. The smallest absolute Gasteiger partial charge is 0.127 e. The molecule has 92 valence electrons. The summed E-state index contributed by atoms with van der Waals surface area (Å²) in [5.74, 6) is 0.903. The minimum absolute atomic E-state index is 0.275. The van der Waals surface area contributed by atoms with Gasteiger partial charge in [0.15, 0.2) is 0 Å². The molecule has 2 nitrogen and oxygen atoms in total. The van der Waals surface area contributed by atoms with Crippen LogP contribution in [0.2, 0.25) is 0 Å². The van der Waals surface area contributed by atoms with E-state index < -0.39 is 0 Å². The summed E-state index contributed by atoms with van der Waals surface area (Å²) in [5, 5.41) is 0. The van der Waals surface area contributed by atoms with Gasteiger partial charge in [-0.05, 0) is 23.8 Å². The fourth-order valence-electron chi connectivity index (χ4n) is 1.82.